The molecule has 2 amide bonds. The summed E-state index contributed by atoms with van der Waals surface area (Å²) in [5, 5.41) is 5.65. The van der Waals surface area contributed by atoms with Crippen molar-refractivity contribution in [1.29, 1.82) is 0 Å². The first kappa shape index (κ1) is 15.5. The van der Waals surface area contributed by atoms with E-state index in [1.165, 1.54) is 7.11 Å². The third kappa shape index (κ3) is 4.27. The van der Waals surface area contributed by atoms with Gasteiger partial charge in [-0.3, -0.25) is 9.59 Å². The Balaban J connectivity index is 2.07. The summed E-state index contributed by atoms with van der Waals surface area (Å²) in [7, 11) is 1.49. The van der Waals surface area contributed by atoms with Crippen LogP contribution in [0.15, 0.2) is 18.2 Å². The lowest BCUT2D eigenvalue weighted by molar-refractivity contribution is -0.118. The van der Waals surface area contributed by atoms with Crippen molar-refractivity contribution in [3.05, 3.63) is 29.3 Å². The summed E-state index contributed by atoms with van der Waals surface area (Å²) >= 11 is 0. The molecule has 0 bridgehead atoms. The maximum absolute atomic E-state index is 12.0. The third-order valence-electron chi connectivity index (χ3n) is 3.35. The first-order chi connectivity index (χ1) is 10.0. The van der Waals surface area contributed by atoms with Gasteiger partial charge in [-0.1, -0.05) is 6.07 Å². The largest absolute Gasteiger partial charge is 0.383 e. The van der Waals surface area contributed by atoms with Gasteiger partial charge in [0, 0.05) is 24.4 Å². The number of carbonyl (C=O) groups is 2. The molecule has 21 heavy (non-hydrogen) atoms. The van der Waals surface area contributed by atoms with Crippen LogP contribution in [0.3, 0.4) is 0 Å². The fourth-order valence-corrected chi connectivity index (χ4v) is 1.87. The average molecular weight is 291 g/mol. The van der Waals surface area contributed by atoms with E-state index in [4.69, 9.17) is 10.5 Å². The second kappa shape index (κ2) is 6.69. The minimum atomic E-state index is -0.738. The highest BCUT2D eigenvalue weighted by Gasteiger charge is 2.24. The Bertz CT molecular complexity index is 541. The molecule has 114 valence electrons. The lowest BCUT2D eigenvalue weighted by Gasteiger charge is -2.14. The van der Waals surface area contributed by atoms with E-state index in [1.54, 1.807) is 18.2 Å². The van der Waals surface area contributed by atoms with Crippen molar-refractivity contribution < 1.29 is 14.3 Å². The number of carbonyl (C=O) groups excluding carboxylic acids is 2. The number of hydrogen-bond acceptors (Lipinski definition) is 4. The van der Waals surface area contributed by atoms with Gasteiger partial charge >= 0.3 is 0 Å². The van der Waals surface area contributed by atoms with Crippen LogP contribution in [-0.4, -0.2) is 37.6 Å². The Morgan fingerprint density at radius 1 is 1.43 bits per heavy atom. The molecule has 0 radical (unpaired) electrons. The first-order valence-corrected chi connectivity index (χ1v) is 6.98. The molecule has 1 aliphatic rings. The summed E-state index contributed by atoms with van der Waals surface area (Å²) in [6.45, 7) is 2.01. The zero-order valence-corrected chi connectivity index (χ0v) is 12.3. The van der Waals surface area contributed by atoms with Crippen molar-refractivity contribution in [3.63, 3.8) is 0 Å². The number of anilines is 1. The first-order valence-electron chi connectivity index (χ1n) is 6.98. The predicted octanol–water partition coefficient (Wildman–Crippen LogP) is 0.799. The van der Waals surface area contributed by atoms with Crippen LogP contribution < -0.4 is 16.4 Å². The molecule has 1 atom stereocenters. The highest BCUT2D eigenvalue weighted by atomic mass is 16.5. The van der Waals surface area contributed by atoms with Gasteiger partial charge in [0.15, 0.2) is 0 Å². The quantitative estimate of drug-likeness (QED) is 0.722. The Morgan fingerprint density at radius 3 is 2.76 bits per heavy atom. The molecule has 1 aromatic rings. The molecule has 0 spiro atoms. The lowest BCUT2D eigenvalue weighted by Crippen LogP contribution is -2.39. The van der Waals surface area contributed by atoms with Crippen LogP contribution in [-0.2, 0) is 9.53 Å². The molecular formula is C15H21N3O3. The van der Waals surface area contributed by atoms with Gasteiger partial charge in [0.25, 0.3) is 5.91 Å². The molecule has 1 saturated carbocycles. The van der Waals surface area contributed by atoms with Gasteiger partial charge in [0.05, 0.1) is 6.61 Å². The number of aryl methyl sites for hydroxylation is 1. The summed E-state index contributed by atoms with van der Waals surface area (Å²) < 4.78 is 4.86. The van der Waals surface area contributed by atoms with Gasteiger partial charge in [-0.15, -0.1) is 0 Å². The van der Waals surface area contributed by atoms with Crippen LogP contribution in [0.4, 0.5) is 5.69 Å². The zero-order chi connectivity index (χ0) is 15.4. The molecule has 1 unspecified atom stereocenters. The Hall–Kier alpha value is -1.92. The van der Waals surface area contributed by atoms with E-state index >= 15 is 0 Å². The second-order valence-corrected chi connectivity index (χ2v) is 5.33. The summed E-state index contributed by atoms with van der Waals surface area (Å²) in [5.74, 6) is -0.450. The minimum Gasteiger partial charge on any atom is -0.383 e. The van der Waals surface area contributed by atoms with Crippen molar-refractivity contribution >= 4 is 17.5 Å². The fourth-order valence-electron chi connectivity index (χ4n) is 1.87. The Kier molecular flexibility index (Phi) is 4.93. The minimum absolute atomic E-state index is 0.116. The molecule has 0 aliphatic heterocycles. The number of nitrogens with two attached hydrogens (primary N) is 1. The van der Waals surface area contributed by atoms with Gasteiger partial charge in [0.2, 0.25) is 5.91 Å². The van der Waals surface area contributed by atoms with Crippen molar-refractivity contribution in [3.8, 4) is 0 Å². The van der Waals surface area contributed by atoms with Gasteiger partial charge < -0.3 is 21.1 Å². The van der Waals surface area contributed by atoms with Crippen molar-refractivity contribution in [2.75, 3.05) is 19.0 Å². The van der Waals surface area contributed by atoms with Crippen molar-refractivity contribution in [2.45, 2.75) is 31.8 Å². The Labute approximate surface area is 124 Å². The molecule has 1 aromatic carbocycles. The monoisotopic (exact) mass is 291 g/mol. The number of methoxy groups -OCH3 is 1. The van der Waals surface area contributed by atoms with Gasteiger partial charge in [0.1, 0.15) is 6.04 Å². The number of benzene rings is 1. The molecule has 6 nitrogen and oxygen atoms in total. The van der Waals surface area contributed by atoms with Crippen LogP contribution in [0, 0.1) is 6.92 Å². The van der Waals surface area contributed by atoms with Crippen molar-refractivity contribution in [1.82, 2.24) is 5.32 Å². The molecule has 0 aromatic heterocycles. The van der Waals surface area contributed by atoms with Crippen LogP contribution in [0.5, 0.6) is 0 Å². The van der Waals surface area contributed by atoms with E-state index in [0.717, 1.165) is 18.4 Å². The molecule has 0 saturated heterocycles. The maximum atomic E-state index is 12.0. The second-order valence-electron chi connectivity index (χ2n) is 5.33. The van der Waals surface area contributed by atoms with E-state index in [2.05, 4.69) is 10.6 Å². The van der Waals surface area contributed by atoms with Crippen LogP contribution in [0.1, 0.15) is 28.8 Å². The highest BCUT2D eigenvalue weighted by Crippen LogP contribution is 2.21. The zero-order valence-electron chi connectivity index (χ0n) is 12.3. The normalized spacial score (nSPS) is 15.4. The smallest absolute Gasteiger partial charge is 0.251 e. The van der Waals surface area contributed by atoms with E-state index in [-0.39, 0.29) is 18.4 Å². The summed E-state index contributed by atoms with van der Waals surface area (Å²) in [5.41, 5.74) is 7.68. The number of amides is 2. The summed E-state index contributed by atoms with van der Waals surface area (Å²) in [6.07, 6.45) is 2.07. The van der Waals surface area contributed by atoms with E-state index in [1.807, 2.05) is 6.92 Å². The summed E-state index contributed by atoms with van der Waals surface area (Å²) in [4.78, 5) is 23.9. The molecule has 2 rings (SSSR count). The standard InChI is InChI=1S/C15H21N3O3/c1-9-3-4-10(14(19)17-11-5-6-11)7-13(9)18-15(20)12(16)8-21-2/h3-4,7,11-12H,5-6,8,16H2,1-2H3,(H,17,19)(H,18,20). The van der Waals surface area contributed by atoms with Crippen LogP contribution in [0.2, 0.25) is 0 Å². The number of hydrogen-bond donors (Lipinski definition) is 3. The number of nitrogens with one attached hydrogen (secondary N) is 2. The van der Waals surface area contributed by atoms with E-state index < -0.39 is 6.04 Å². The van der Waals surface area contributed by atoms with E-state index in [0.29, 0.717) is 17.3 Å². The van der Waals surface area contributed by atoms with Crippen LogP contribution >= 0.6 is 0 Å². The topological polar surface area (TPSA) is 93.4 Å². The molecule has 6 heteroatoms. The van der Waals surface area contributed by atoms with Crippen molar-refractivity contribution in [2.24, 2.45) is 5.73 Å². The lowest BCUT2D eigenvalue weighted by atomic mass is 10.1. The van der Waals surface area contributed by atoms with E-state index in [9.17, 15) is 9.59 Å². The molecule has 0 heterocycles. The third-order valence-corrected chi connectivity index (χ3v) is 3.35. The predicted molar refractivity (Wildman–Crippen MR) is 80.1 cm³/mol. The van der Waals surface area contributed by atoms with Crippen LogP contribution in [0.25, 0.3) is 0 Å². The molecule has 1 aliphatic carbocycles. The number of rotatable bonds is 6. The SMILES string of the molecule is COCC(N)C(=O)Nc1cc(C(=O)NC2CC2)ccc1C. The van der Waals surface area contributed by atoms with Gasteiger partial charge in [-0.2, -0.15) is 0 Å². The maximum Gasteiger partial charge on any atom is 0.251 e. The molecule has 4 N–H and O–H groups in total. The Morgan fingerprint density at radius 2 is 2.14 bits per heavy atom. The number of ether oxygens (including phenoxy) is 1. The van der Waals surface area contributed by atoms with Gasteiger partial charge in [-0.05, 0) is 37.5 Å². The van der Waals surface area contributed by atoms with Gasteiger partial charge in [-0.25, -0.2) is 0 Å². The highest BCUT2D eigenvalue weighted by molar-refractivity contribution is 5.99. The fraction of sp³-hybridized carbons (Fsp3) is 0.467. The molecule has 1 fully saturated rings. The molecular weight excluding hydrogens is 270 g/mol. The average Bonchev–Trinajstić information content (AvgIpc) is 3.25. The summed E-state index contributed by atoms with van der Waals surface area (Å²) in [6, 6.07) is 4.78.